The van der Waals surface area contributed by atoms with E-state index in [-0.39, 0.29) is 29.5 Å². The first-order valence-electron chi connectivity index (χ1n) is 5.80. The van der Waals surface area contributed by atoms with Crippen LogP contribution in [0.15, 0.2) is 18.2 Å². The standard InChI is InChI=1S/C13H20N2O3/c1-13(2,3)15-12(18)8-14-7-9-4-5-10(16)6-11(9)17/h4-6,14,16-17H,7-8H2,1-3H3,(H,15,18). The van der Waals surface area contributed by atoms with Crippen molar-refractivity contribution in [3.05, 3.63) is 23.8 Å². The van der Waals surface area contributed by atoms with Gasteiger partial charge < -0.3 is 20.8 Å². The van der Waals surface area contributed by atoms with E-state index in [4.69, 9.17) is 5.11 Å². The average Bonchev–Trinajstić information content (AvgIpc) is 2.18. The molecule has 1 aromatic carbocycles. The molecule has 0 aliphatic carbocycles. The van der Waals surface area contributed by atoms with E-state index in [2.05, 4.69) is 10.6 Å². The number of nitrogens with one attached hydrogen (secondary N) is 2. The molecule has 0 radical (unpaired) electrons. The van der Waals surface area contributed by atoms with Gasteiger partial charge >= 0.3 is 0 Å². The third-order valence-corrected chi connectivity index (χ3v) is 2.18. The first-order chi connectivity index (χ1) is 8.28. The highest BCUT2D eigenvalue weighted by molar-refractivity contribution is 5.78. The van der Waals surface area contributed by atoms with Gasteiger partial charge in [-0.2, -0.15) is 0 Å². The third kappa shape index (κ3) is 5.05. The lowest BCUT2D eigenvalue weighted by Crippen LogP contribution is -2.44. The van der Waals surface area contributed by atoms with Crippen molar-refractivity contribution in [2.45, 2.75) is 32.9 Å². The van der Waals surface area contributed by atoms with Crippen molar-refractivity contribution < 1.29 is 15.0 Å². The highest BCUT2D eigenvalue weighted by Crippen LogP contribution is 2.21. The topological polar surface area (TPSA) is 81.6 Å². The number of carbonyl (C=O) groups excluding carboxylic acids is 1. The first-order valence-corrected chi connectivity index (χ1v) is 5.80. The number of aromatic hydroxyl groups is 2. The molecule has 0 spiro atoms. The van der Waals surface area contributed by atoms with E-state index >= 15 is 0 Å². The normalized spacial score (nSPS) is 11.3. The Kier molecular flexibility index (Phi) is 4.55. The Morgan fingerprint density at radius 3 is 2.50 bits per heavy atom. The van der Waals surface area contributed by atoms with Gasteiger partial charge in [-0.3, -0.25) is 4.79 Å². The Morgan fingerprint density at radius 1 is 1.28 bits per heavy atom. The van der Waals surface area contributed by atoms with Gasteiger partial charge in [-0.25, -0.2) is 0 Å². The van der Waals surface area contributed by atoms with Crippen LogP contribution in [0.5, 0.6) is 11.5 Å². The predicted octanol–water partition coefficient (Wildman–Crippen LogP) is 1.10. The highest BCUT2D eigenvalue weighted by atomic mass is 16.3. The predicted molar refractivity (Wildman–Crippen MR) is 69.4 cm³/mol. The van der Waals surface area contributed by atoms with Crippen molar-refractivity contribution in [2.24, 2.45) is 0 Å². The molecule has 0 heterocycles. The maximum absolute atomic E-state index is 11.5. The second-order valence-corrected chi connectivity index (χ2v) is 5.21. The molecular formula is C13H20N2O3. The van der Waals surface area contributed by atoms with Crippen molar-refractivity contribution in [3.63, 3.8) is 0 Å². The lowest BCUT2D eigenvalue weighted by molar-refractivity contribution is -0.121. The van der Waals surface area contributed by atoms with Crippen LogP contribution >= 0.6 is 0 Å². The first kappa shape index (κ1) is 14.3. The molecule has 0 bridgehead atoms. The van der Waals surface area contributed by atoms with Crippen LogP contribution in [-0.2, 0) is 11.3 Å². The number of hydrogen-bond donors (Lipinski definition) is 4. The number of phenols is 2. The minimum absolute atomic E-state index is 0.0127. The average molecular weight is 252 g/mol. The lowest BCUT2D eigenvalue weighted by atomic mass is 10.1. The van der Waals surface area contributed by atoms with Crippen LogP contribution in [0.4, 0.5) is 0 Å². The van der Waals surface area contributed by atoms with Crippen molar-refractivity contribution in [1.82, 2.24) is 10.6 Å². The number of hydrogen-bond acceptors (Lipinski definition) is 4. The molecule has 5 nitrogen and oxygen atoms in total. The van der Waals surface area contributed by atoms with Crippen LogP contribution in [0, 0.1) is 0 Å². The van der Waals surface area contributed by atoms with Gasteiger partial charge in [0.2, 0.25) is 5.91 Å². The molecule has 5 heteroatoms. The molecule has 1 aromatic rings. The lowest BCUT2D eigenvalue weighted by Gasteiger charge is -2.20. The maximum atomic E-state index is 11.5. The van der Waals surface area contributed by atoms with E-state index in [1.54, 1.807) is 6.07 Å². The van der Waals surface area contributed by atoms with Gasteiger partial charge in [-0.05, 0) is 26.8 Å². The zero-order chi connectivity index (χ0) is 13.8. The summed E-state index contributed by atoms with van der Waals surface area (Å²) in [4.78, 5) is 11.5. The number of amides is 1. The largest absolute Gasteiger partial charge is 0.508 e. The highest BCUT2D eigenvalue weighted by Gasteiger charge is 2.13. The molecule has 0 aliphatic heterocycles. The number of benzene rings is 1. The van der Waals surface area contributed by atoms with Crippen molar-refractivity contribution in [2.75, 3.05) is 6.54 Å². The summed E-state index contributed by atoms with van der Waals surface area (Å²) in [6, 6.07) is 4.37. The summed E-state index contributed by atoms with van der Waals surface area (Å²) >= 11 is 0. The maximum Gasteiger partial charge on any atom is 0.234 e. The fraction of sp³-hybridized carbons (Fsp3) is 0.462. The Morgan fingerprint density at radius 2 is 1.94 bits per heavy atom. The Balaban J connectivity index is 2.40. The van der Waals surface area contributed by atoms with Crippen molar-refractivity contribution in [1.29, 1.82) is 0 Å². The summed E-state index contributed by atoms with van der Waals surface area (Å²) in [5.41, 5.74) is 0.385. The van der Waals surface area contributed by atoms with Crippen LogP contribution in [-0.4, -0.2) is 28.2 Å². The zero-order valence-corrected chi connectivity index (χ0v) is 10.9. The second-order valence-electron chi connectivity index (χ2n) is 5.21. The second kappa shape index (κ2) is 5.73. The molecule has 0 fully saturated rings. The van der Waals surface area contributed by atoms with Crippen LogP contribution in [0.1, 0.15) is 26.3 Å². The minimum atomic E-state index is -0.251. The number of carbonyl (C=O) groups is 1. The van der Waals surface area contributed by atoms with E-state index in [9.17, 15) is 9.90 Å². The molecule has 100 valence electrons. The van der Waals surface area contributed by atoms with Crippen LogP contribution in [0.25, 0.3) is 0 Å². The summed E-state index contributed by atoms with van der Waals surface area (Å²) in [5.74, 6) is -0.0683. The molecule has 1 rings (SSSR count). The summed E-state index contributed by atoms with van der Waals surface area (Å²) in [7, 11) is 0. The summed E-state index contributed by atoms with van der Waals surface area (Å²) < 4.78 is 0. The molecular weight excluding hydrogens is 232 g/mol. The Hall–Kier alpha value is -1.75. The summed E-state index contributed by atoms with van der Waals surface area (Å²) in [6.07, 6.45) is 0. The van der Waals surface area contributed by atoms with E-state index in [0.29, 0.717) is 12.1 Å². The Bertz CT molecular complexity index is 425. The van der Waals surface area contributed by atoms with E-state index < -0.39 is 0 Å². The summed E-state index contributed by atoms with van der Waals surface area (Å²) in [6.45, 7) is 6.28. The molecule has 1 amide bonds. The summed E-state index contributed by atoms with van der Waals surface area (Å²) in [5, 5.41) is 24.4. The van der Waals surface area contributed by atoms with Gasteiger partial charge in [-0.1, -0.05) is 6.07 Å². The monoisotopic (exact) mass is 252 g/mol. The van der Waals surface area contributed by atoms with Crippen LogP contribution in [0.3, 0.4) is 0 Å². The van der Waals surface area contributed by atoms with Gasteiger partial charge in [0.1, 0.15) is 11.5 Å². The van der Waals surface area contributed by atoms with E-state index in [1.807, 2.05) is 20.8 Å². The quantitative estimate of drug-likeness (QED) is 0.647. The molecule has 0 aromatic heterocycles. The van der Waals surface area contributed by atoms with E-state index in [0.717, 1.165) is 0 Å². The number of phenolic OH excluding ortho intramolecular Hbond substituents is 2. The van der Waals surface area contributed by atoms with Crippen LogP contribution in [0.2, 0.25) is 0 Å². The van der Waals surface area contributed by atoms with Crippen molar-refractivity contribution in [3.8, 4) is 11.5 Å². The minimum Gasteiger partial charge on any atom is -0.508 e. The molecule has 0 atom stereocenters. The molecule has 4 N–H and O–H groups in total. The van der Waals surface area contributed by atoms with Gasteiger partial charge in [0.05, 0.1) is 6.54 Å². The molecule has 0 saturated heterocycles. The SMILES string of the molecule is CC(C)(C)NC(=O)CNCc1ccc(O)cc1O. The molecule has 0 saturated carbocycles. The Labute approximate surface area is 107 Å². The van der Waals surface area contributed by atoms with Gasteiger partial charge in [-0.15, -0.1) is 0 Å². The van der Waals surface area contributed by atoms with Crippen molar-refractivity contribution >= 4 is 5.91 Å². The smallest absolute Gasteiger partial charge is 0.234 e. The van der Waals surface area contributed by atoms with Gasteiger partial charge in [0.25, 0.3) is 0 Å². The third-order valence-electron chi connectivity index (χ3n) is 2.18. The van der Waals surface area contributed by atoms with Gasteiger partial charge in [0.15, 0.2) is 0 Å². The fourth-order valence-corrected chi connectivity index (χ4v) is 1.47. The molecule has 0 unspecified atom stereocenters. The molecule has 18 heavy (non-hydrogen) atoms. The van der Waals surface area contributed by atoms with Gasteiger partial charge in [0, 0.05) is 23.7 Å². The fourth-order valence-electron chi connectivity index (χ4n) is 1.47. The van der Waals surface area contributed by atoms with E-state index in [1.165, 1.54) is 12.1 Å². The van der Waals surface area contributed by atoms with Crippen LogP contribution < -0.4 is 10.6 Å². The number of rotatable bonds is 4. The molecule has 0 aliphatic rings. The zero-order valence-electron chi connectivity index (χ0n) is 10.9.